The lowest BCUT2D eigenvalue weighted by molar-refractivity contribution is -0.385. The number of hydrogen-bond donors (Lipinski definition) is 2. The van der Waals surface area contributed by atoms with Crippen molar-refractivity contribution in [2.75, 3.05) is 18.6 Å². The van der Waals surface area contributed by atoms with Gasteiger partial charge in [-0.2, -0.15) is 11.8 Å². The third-order valence-corrected chi connectivity index (χ3v) is 3.42. The number of nitro benzene ring substituents is 1. The lowest BCUT2D eigenvalue weighted by atomic mass is 10.1. The van der Waals surface area contributed by atoms with Crippen LogP contribution in [0, 0.1) is 16.0 Å². The van der Waals surface area contributed by atoms with Gasteiger partial charge in [-0.05, 0) is 24.0 Å². The Morgan fingerprint density at radius 2 is 2.26 bits per heavy atom. The zero-order valence-electron chi connectivity index (χ0n) is 10.8. The summed E-state index contributed by atoms with van der Waals surface area (Å²) in [6.45, 7) is 2.45. The van der Waals surface area contributed by atoms with Gasteiger partial charge in [0.2, 0.25) is 5.75 Å². The zero-order chi connectivity index (χ0) is 14.4. The molecule has 1 unspecified atom stereocenters. The molecule has 0 bridgehead atoms. The molecule has 19 heavy (non-hydrogen) atoms. The van der Waals surface area contributed by atoms with E-state index in [1.54, 1.807) is 11.8 Å². The molecule has 104 valence electrons. The normalized spacial score (nSPS) is 11.9. The van der Waals surface area contributed by atoms with Gasteiger partial charge < -0.3 is 10.4 Å². The van der Waals surface area contributed by atoms with Gasteiger partial charge in [0, 0.05) is 12.6 Å². The fourth-order valence-electron chi connectivity index (χ4n) is 1.57. The van der Waals surface area contributed by atoms with E-state index in [1.165, 1.54) is 12.1 Å². The SMILES string of the molecule is CSCC(C)CNC(=O)c1cccc([N+](=O)[O-])c1O. The van der Waals surface area contributed by atoms with Crippen molar-refractivity contribution in [2.45, 2.75) is 6.92 Å². The van der Waals surface area contributed by atoms with Gasteiger partial charge in [0.15, 0.2) is 0 Å². The summed E-state index contributed by atoms with van der Waals surface area (Å²) < 4.78 is 0. The molecule has 7 heteroatoms. The highest BCUT2D eigenvalue weighted by molar-refractivity contribution is 7.98. The predicted molar refractivity (Wildman–Crippen MR) is 74.6 cm³/mol. The molecule has 0 aliphatic rings. The van der Waals surface area contributed by atoms with Gasteiger partial charge in [-0.25, -0.2) is 0 Å². The van der Waals surface area contributed by atoms with Crippen LogP contribution in [0.25, 0.3) is 0 Å². The molecule has 0 aromatic heterocycles. The van der Waals surface area contributed by atoms with Crippen LogP contribution in [0.4, 0.5) is 5.69 Å². The van der Waals surface area contributed by atoms with Crippen LogP contribution in [0.2, 0.25) is 0 Å². The molecule has 6 nitrogen and oxygen atoms in total. The van der Waals surface area contributed by atoms with Gasteiger partial charge in [-0.15, -0.1) is 0 Å². The van der Waals surface area contributed by atoms with Gasteiger partial charge in [0.25, 0.3) is 5.91 Å². The van der Waals surface area contributed by atoms with Crippen LogP contribution in [-0.4, -0.2) is 34.5 Å². The second kappa shape index (κ2) is 6.98. The summed E-state index contributed by atoms with van der Waals surface area (Å²) in [6, 6.07) is 3.89. The quantitative estimate of drug-likeness (QED) is 0.616. The number of phenols is 1. The van der Waals surface area contributed by atoms with Crippen molar-refractivity contribution in [1.29, 1.82) is 0 Å². The molecule has 0 saturated heterocycles. The fourth-order valence-corrected chi connectivity index (χ4v) is 2.25. The Balaban J connectivity index is 2.78. The van der Waals surface area contributed by atoms with E-state index in [4.69, 9.17) is 0 Å². The number of benzene rings is 1. The van der Waals surface area contributed by atoms with E-state index in [0.29, 0.717) is 12.5 Å². The minimum Gasteiger partial charge on any atom is -0.502 e. The summed E-state index contributed by atoms with van der Waals surface area (Å²) in [6.07, 6.45) is 1.98. The van der Waals surface area contributed by atoms with Gasteiger partial charge in [0.05, 0.1) is 10.5 Å². The van der Waals surface area contributed by atoms with Crippen molar-refractivity contribution < 1.29 is 14.8 Å². The van der Waals surface area contributed by atoms with Crippen LogP contribution in [0.15, 0.2) is 18.2 Å². The van der Waals surface area contributed by atoms with Crippen LogP contribution in [0.5, 0.6) is 5.75 Å². The Bertz CT molecular complexity index is 479. The first-order valence-corrected chi connectivity index (χ1v) is 7.10. The van der Waals surface area contributed by atoms with Gasteiger partial charge >= 0.3 is 5.69 Å². The van der Waals surface area contributed by atoms with Crippen LogP contribution < -0.4 is 5.32 Å². The summed E-state index contributed by atoms with van der Waals surface area (Å²) in [5.41, 5.74) is -0.546. The van der Waals surface area contributed by atoms with E-state index in [-0.39, 0.29) is 5.56 Å². The molecule has 0 aliphatic heterocycles. The molecule has 1 aromatic rings. The van der Waals surface area contributed by atoms with E-state index < -0.39 is 22.3 Å². The number of amides is 1. The molecular formula is C12H16N2O4S. The zero-order valence-corrected chi connectivity index (χ0v) is 11.6. The maximum Gasteiger partial charge on any atom is 0.311 e. The average molecular weight is 284 g/mol. The first-order valence-electron chi connectivity index (χ1n) is 5.70. The van der Waals surface area contributed by atoms with Crippen LogP contribution >= 0.6 is 11.8 Å². The molecule has 0 saturated carbocycles. The summed E-state index contributed by atoms with van der Waals surface area (Å²) in [4.78, 5) is 21.8. The van der Waals surface area contributed by atoms with Crippen molar-refractivity contribution in [2.24, 2.45) is 5.92 Å². The number of aromatic hydroxyl groups is 1. The highest BCUT2D eigenvalue weighted by Gasteiger charge is 2.20. The second-order valence-corrected chi connectivity index (χ2v) is 5.11. The number of thioether (sulfide) groups is 1. The monoisotopic (exact) mass is 284 g/mol. The summed E-state index contributed by atoms with van der Waals surface area (Å²) in [5.74, 6) is 0.0951. The molecule has 1 rings (SSSR count). The number of phenolic OH excluding ortho intramolecular Hbond substituents is 1. The lowest BCUT2D eigenvalue weighted by Gasteiger charge is -2.11. The third kappa shape index (κ3) is 4.13. The largest absolute Gasteiger partial charge is 0.502 e. The van der Waals surface area contributed by atoms with Crippen LogP contribution in [-0.2, 0) is 0 Å². The maximum atomic E-state index is 11.8. The second-order valence-electron chi connectivity index (χ2n) is 4.20. The highest BCUT2D eigenvalue weighted by Crippen LogP contribution is 2.29. The van der Waals surface area contributed by atoms with E-state index in [0.717, 1.165) is 11.8 Å². The average Bonchev–Trinajstić information content (AvgIpc) is 2.36. The Kier molecular flexibility index (Phi) is 5.62. The molecule has 1 amide bonds. The van der Waals surface area contributed by atoms with E-state index in [9.17, 15) is 20.0 Å². The summed E-state index contributed by atoms with van der Waals surface area (Å²) in [5, 5.41) is 23.0. The number of para-hydroxylation sites is 1. The number of nitro groups is 1. The molecule has 0 heterocycles. The first-order chi connectivity index (χ1) is 8.97. The van der Waals surface area contributed by atoms with Gasteiger partial charge in [-0.3, -0.25) is 14.9 Å². The molecule has 0 radical (unpaired) electrons. The Morgan fingerprint density at radius 3 is 2.84 bits per heavy atom. The van der Waals surface area contributed by atoms with Crippen molar-refractivity contribution in [1.82, 2.24) is 5.32 Å². The number of nitrogens with one attached hydrogen (secondary N) is 1. The van der Waals surface area contributed by atoms with Crippen molar-refractivity contribution in [3.05, 3.63) is 33.9 Å². The molecule has 1 atom stereocenters. The molecular weight excluding hydrogens is 268 g/mol. The Hall–Kier alpha value is -1.76. The van der Waals surface area contributed by atoms with Crippen LogP contribution in [0.1, 0.15) is 17.3 Å². The van der Waals surface area contributed by atoms with Crippen LogP contribution in [0.3, 0.4) is 0 Å². The topological polar surface area (TPSA) is 92.5 Å². The number of rotatable bonds is 6. The summed E-state index contributed by atoms with van der Waals surface area (Å²) >= 11 is 1.68. The molecule has 0 aliphatic carbocycles. The van der Waals surface area contributed by atoms with Gasteiger partial charge in [-0.1, -0.05) is 13.0 Å². The number of nitrogens with zero attached hydrogens (tertiary/aromatic N) is 1. The maximum absolute atomic E-state index is 11.8. The van der Waals surface area contributed by atoms with E-state index in [2.05, 4.69) is 5.32 Å². The van der Waals surface area contributed by atoms with Crippen molar-refractivity contribution in [3.63, 3.8) is 0 Å². The van der Waals surface area contributed by atoms with E-state index in [1.807, 2.05) is 13.2 Å². The summed E-state index contributed by atoms with van der Waals surface area (Å²) in [7, 11) is 0. The van der Waals surface area contributed by atoms with E-state index >= 15 is 0 Å². The highest BCUT2D eigenvalue weighted by atomic mass is 32.2. The lowest BCUT2D eigenvalue weighted by Crippen LogP contribution is -2.29. The minimum atomic E-state index is -0.720. The number of carbonyl (C=O) groups excluding carboxylic acids is 1. The third-order valence-electron chi connectivity index (χ3n) is 2.52. The number of carbonyl (C=O) groups is 1. The molecule has 2 N–H and O–H groups in total. The molecule has 0 fully saturated rings. The fraction of sp³-hybridized carbons (Fsp3) is 0.417. The standard InChI is InChI=1S/C12H16N2O4S/c1-8(7-19-2)6-13-12(16)9-4-3-5-10(11(9)15)14(17)18/h3-5,8,15H,6-7H2,1-2H3,(H,13,16). The predicted octanol–water partition coefficient (Wildman–Crippen LogP) is 2.03. The number of hydrogen-bond acceptors (Lipinski definition) is 5. The smallest absolute Gasteiger partial charge is 0.311 e. The molecule has 1 aromatic carbocycles. The van der Waals surface area contributed by atoms with Crippen molar-refractivity contribution in [3.8, 4) is 5.75 Å². The first kappa shape index (κ1) is 15.3. The minimum absolute atomic E-state index is 0.0782. The van der Waals surface area contributed by atoms with Gasteiger partial charge in [0.1, 0.15) is 0 Å². The van der Waals surface area contributed by atoms with Crippen molar-refractivity contribution >= 4 is 23.4 Å². The Morgan fingerprint density at radius 1 is 1.58 bits per heavy atom. The Labute approximate surface area is 115 Å². The molecule has 0 spiro atoms.